The first-order chi connectivity index (χ1) is 13.2. The summed E-state index contributed by atoms with van der Waals surface area (Å²) in [6, 6.07) is 32.0. The molecule has 0 N–H and O–H groups in total. The lowest BCUT2D eigenvalue weighted by molar-refractivity contribution is 0.447. The van der Waals surface area contributed by atoms with Crippen LogP contribution in [0.3, 0.4) is 0 Å². The maximum Gasteiger partial charge on any atom is 0.138 e. The molecule has 1 heterocycles. The monoisotopic (exact) mass is 464 g/mol. The Morgan fingerprint density at radius 1 is 0.667 bits per heavy atom. The summed E-state index contributed by atoms with van der Waals surface area (Å²) in [5.41, 5.74) is 5.30. The highest BCUT2D eigenvalue weighted by Crippen LogP contribution is 2.41. The minimum atomic E-state index is -0.526. The van der Waals surface area contributed by atoms with Crippen molar-refractivity contribution in [3.63, 3.8) is 0 Å². The summed E-state index contributed by atoms with van der Waals surface area (Å²) in [5.74, 6) is 0. The molecule has 0 aliphatic rings. The summed E-state index contributed by atoms with van der Waals surface area (Å²) in [5, 5.41) is 5.02. The van der Waals surface area contributed by atoms with Crippen molar-refractivity contribution in [2.45, 2.75) is 19.4 Å². The van der Waals surface area contributed by atoms with E-state index in [0.717, 1.165) is 5.69 Å². The van der Waals surface area contributed by atoms with E-state index in [-0.39, 0.29) is 0 Å². The number of aryl methyl sites for hydroxylation is 1. The molecular weight excluding hydrogens is 443 g/mol. The van der Waals surface area contributed by atoms with Gasteiger partial charge in [0.05, 0.1) is 15.0 Å². The van der Waals surface area contributed by atoms with E-state index in [9.17, 15) is 0 Å². The van der Waals surface area contributed by atoms with E-state index in [2.05, 4.69) is 132 Å². The van der Waals surface area contributed by atoms with Crippen LogP contribution in [0.2, 0.25) is 0 Å². The molecule has 0 spiro atoms. The van der Waals surface area contributed by atoms with Crippen molar-refractivity contribution in [1.29, 1.82) is 0 Å². The van der Waals surface area contributed by atoms with Crippen molar-refractivity contribution < 1.29 is 0 Å². The second-order valence-electron chi connectivity index (χ2n) is 6.71. The molecule has 0 aliphatic heterocycles. The molecule has 3 aromatic carbocycles. The van der Waals surface area contributed by atoms with Crippen LogP contribution in [-0.2, 0) is 5.54 Å². The normalized spacial score (nSPS) is 11.5. The number of hydrogen-bond acceptors (Lipinski definition) is 1. The number of aromatic nitrogens is 2. The van der Waals surface area contributed by atoms with Gasteiger partial charge in [-0.05, 0) is 53.1 Å². The van der Waals surface area contributed by atoms with Gasteiger partial charge in [-0.2, -0.15) is 5.10 Å². The molecule has 3 heteroatoms. The molecule has 0 radical (unpaired) electrons. The summed E-state index contributed by atoms with van der Waals surface area (Å²) in [6.45, 7) is 4.24. The predicted molar refractivity (Wildman–Crippen MR) is 119 cm³/mol. The number of nitrogens with zero attached hydrogens (tertiary/aromatic N) is 2. The SMILES string of the molecule is Cc1nn(C(c2ccccc2)(c2ccccc2)c2ccccc2)c(C)c1I. The Bertz CT molecular complexity index is 941. The van der Waals surface area contributed by atoms with E-state index in [4.69, 9.17) is 5.10 Å². The Morgan fingerprint density at radius 2 is 1.04 bits per heavy atom. The van der Waals surface area contributed by atoms with Crippen LogP contribution in [0.25, 0.3) is 0 Å². The highest BCUT2D eigenvalue weighted by atomic mass is 127. The van der Waals surface area contributed by atoms with E-state index in [1.54, 1.807) is 0 Å². The van der Waals surface area contributed by atoms with Gasteiger partial charge in [-0.25, -0.2) is 4.68 Å². The fourth-order valence-electron chi connectivity index (χ4n) is 3.86. The smallest absolute Gasteiger partial charge is 0.138 e. The van der Waals surface area contributed by atoms with Crippen LogP contribution in [0.4, 0.5) is 0 Å². The third-order valence-corrected chi connectivity index (χ3v) is 6.66. The van der Waals surface area contributed by atoms with Crippen LogP contribution < -0.4 is 0 Å². The van der Waals surface area contributed by atoms with Crippen molar-refractivity contribution in [2.75, 3.05) is 0 Å². The molecule has 0 unspecified atom stereocenters. The Hall–Kier alpha value is -2.40. The van der Waals surface area contributed by atoms with Gasteiger partial charge in [-0.1, -0.05) is 91.0 Å². The van der Waals surface area contributed by atoms with Gasteiger partial charge >= 0.3 is 0 Å². The quantitative estimate of drug-likeness (QED) is 0.270. The van der Waals surface area contributed by atoms with Crippen LogP contribution >= 0.6 is 22.6 Å². The Labute approximate surface area is 174 Å². The van der Waals surface area contributed by atoms with Crippen molar-refractivity contribution in [3.8, 4) is 0 Å². The maximum absolute atomic E-state index is 5.02. The standard InChI is InChI=1S/C24H21IN2/c1-18-23(25)19(2)27(26-18)24(20-12-6-3-7-13-20,21-14-8-4-9-15-21)22-16-10-5-11-17-22/h3-17H,1-2H3. The lowest BCUT2D eigenvalue weighted by Crippen LogP contribution is -2.39. The summed E-state index contributed by atoms with van der Waals surface area (Å²) < 4.78 is 3.41. The molecule has 0 saturated carbocycles. The largest absolute Gasteiger partial charge is 0.249 e. The summed E-state index contributed by atoms with van der Waals surface area (Å²) >= 11 is 2.40. The Morgan fingerprint density at radius 3 is 1.33 bits per heavy atom. The molecule has 0 amide bonds. The van der Waals surface area contributed by atoms with Gasteiger partial charge in [0.15, 0.2) is 0 Å². The van der Waals surface area contributed by atoms with Gasteiger partial charge in [0.1, 0.15) is 5.54 Å². The highest BCUT2D eigenvalue weighted by Gasteiger charge is 2.40. The Balaban J connectivity index is 2.18. The van der Waals surface area contributed by atoms with E-state index < -0.39 is 5.54 Å². The van der Waals surface area contributed by atoms with Crippen molar-refractivity contribution >= 4 is 22.6 Å². The average molecular weight is 464 g/mol. The van der Waals surface area contributed by atoms with E-state index in [1.165, 1.54) is 26.0 Å². The van der Waals surface area contributed by atoms with Gasteiger partial charge < -0.3 is 0 Å². The fourth-order valence-corrected chi connectivity index (χ4v) is 4.19. The molecule has 0 fully saturated rings. The first-order valence-corrected chi connectivity index (χ1v) is 10.1. The summed E-state index contributed by atoms with van der Waals surface area (Å²) in [4.78, 5) is 0. The van der Waals surface area contributed by atoms with Gasteiger partial charge in [0.2, 0.25) is 0 Å². The van der Waals surface area contributed by atoms with Crippen molar-refractivity contribution in [2.24, 2.45) is 0 Å². The van der Waals surface area contributed by atoms with E-state index in [0.29, 0.717) is 0 Å². The second kappa shape index (κ2) is 7.31. The molecule has 27 heavy (non-hydrogen) atoms. The van der Waals surface area contributed by atoms with Crippen LogP contribution in [0, 0.1) is 17.4 Å². The first-order valence-electron chi connectivity index (χ1n) is 9.04. The fraction of sp³-hybridized carbons (Fsp3) is 0.125. The van der Waals surface area contributed by atoms with Gasteiger partial charge in [0, 0.05) is 0 Å². The number of benzene rings is 3. The van der Waals surface area contributed by atoms with Gasteiger partial charge in [0.25, 0.3) is 0 Å². The lowest BCUT2D eigenvalue weighted by atomic mass is 9.77. The number of halogens is 1. The molecule has 1 aromatic heterocycles. The highest BCUT2D eigenvalue weighted by molar-refractivity contribution is 14.1. The molecule has 2 nitrogen and oxygen atoms in total. The average Bonchev–Trinajstić information content (AvgIpc) is 2.99. The minimum absolute atomic E-state index is 0.526. The minimum Gasteiger partial charge on any atom is -0.249 e. The third-order valence-electron chi connectivity index (χ3n) is 5.10. The lowest BCUT2D eigenvalue weighted by Gasteiger charge is -2.37. The maximum atomic E-state index is 5.02. The molecule has 4 rings (SSSR count). The Kier molecular flexibility index (Phi) is 4.87. The first kappa shape index (κ1) is 18.0. The predicted octanol–water partition coefficient (Wildman–Crippen LogP) is 5.94. The number of hydrogen-bond donors (Lipinski definition) is 0. The molecule has 134 valence electrons. The topological polar surface area (TPSA) is 17.8 Å². The second-order valence-corrected chi connectivity index (χ2v) is 7.78. The molecule has 4 aromatic rings. The van der Waals surface area contributed by atoms with Crippen LogP contribution in [-0.4, -0.2) is 9.78 Å². The zero-order valence-electron chi connectivity index (χ0n) is 15.4. The summed E-state index contributed by atoms with van der Waals surface area (Å²) in [7, 11) is 0. The third kappa shape index (κ3) is 2.90. The van der Waals surface area contributed by atoms with Crippen LogP contribution in [0.1, 0.15) is 28.1 Å². The number of rotatable bonds is 4. The molecule has 0 atom stereocenters. The summed E-state index contributed by atoms with van der Waals surface area (Å²) in [6.07, 6.45) is 0. The van der Waals surface area contributed by atoms with Gasteiger partial charge in [-0.3, -0.25) is 0 Å². The van der Waals surface area contributed by atoms with E-state index >= 15 is 0 Å². The molecule has 0 saturated heterocycles. The zero-order chi connectivity index (χ0) is 18.9. The van der Waals surface area contributed by atoms with Crippen LogP contribution in [0.15, 0.2) is 91.0 Å². The van der Waals surface area contributed by atoms with E-state index in [1.807, 2.05) is 0 Å². The molecular formula is C24H21IN2. The zero-order valence-corrected chi connectivity index (χ0v) is 17.6. The molecule has 0 aliphatic carbocycles. The van der Waals surface area contributed by atoms with Crippen molar-refractivity contribution in [1.82, 2.24) is 9.78 Å². The van der Waals surface area contributed by atoms with Crippen LogP contribution in [0.5, 0.6) is 0 Å². The van der Waals surface area contributed by atoms with Gasteiger partial charge in [-0.15, -0.1) is 0 Å². The molecule has 0 bridgehead atoms. The van der Waals surface area contributed by atoms with Crippen molar-refractivity contribution in [3.05, 3.63) is 123 Å².